The fourth-order valence-corrected chi connectivity index (χ4v) is 10.6. The Kier molecular flexibility index (Phi) is 66.1. The first-order valence-electron chi connectivity index (χ1n) is 36.5. The molecule has 0 N–H and O–H groups in total. The molecule has 0 rings (SSSR count). The molecule has 90 heavy (non-hydrogen) atoms. The lowest BCUT2D eigenvalue weighted by atomic mass is 10.0. The van der Waals surface area contributed by atoms with Crippen molar-refractivity contribution in [1.29, 1.82) is 0 Å². The third kappa shape index (κ3) is 72.9. The van der Waals surface area contributed by atoms with Gasteiger partial charge in [-0.05, 0) is 116 Å². The van der Waals surface area contributed by atoms with Crippen molar-refractivity contribution >= 4 is 19.8 Å². The largest absolute Gasteiger partial charge is 0.756 e. The number of rotatable bonds is 66. The zero-order chi connectivity index (χ0) is 65.5. The molecule has 0 radical (unpaired) electrons. The monoisotopic (exact) mass is 1270 g/mol. The third-order valence-electron chi connectivity index (χ3n) is 15.4. The summed E-state index contributed by atoms with van der Waals surface area (Å²) in [6, 6.07) is 0. The minimum Gasteiger partial charge on any atom is -0.756 e. The van der Waals surface area contributed by atoms with Gasteiger partial charge in [-0.1, -0.05) is 314 Å². The van der Waals surface area contributed by atoms with Gasteiger partial charge >= 0.3 is 11.9 Å². The molecule has 0 saturated carbocycles. The van der Waals surface area contributed by atoms with Gasteiger partial charge in [-0.2, -0.15) is 0 Å². The highest BCUT2D eigenvalue weighted by Gasteiger charge is 2.22. The molecule has 0 aromatic carbocycles. The topological polar surface area (TPSA) is 111 Å². The number of esters is 2. The number of quaternary nitrogens is 1. The van der Waals surface area contributed by atoms with Gasteiger partial charge in [0.2, 0.25) is 0 Å². The number of ether oxygens (including phenoxy) is 2. The number of hydrogen-bond donors (Lipinski definition) is 0. The van der Waals surface area contributed by atoms with Crippen LogP contribution in [0.2, 0.25) is 0 Å². The molecule has 2 unspecified atom stereocenters. The quantitative estimate of drug-likeness (QED) is 0.0195. The van der Waals surface area contributed by atoms with E-state index in [9.17, 15) is 19.0 Å². The molecular weight excluding hydrogens is 1130 g/mol. The second kappa shape index (κ2) is 69.2. The van der Waals surface area contributed by atoms with Gasteiger partial charge in [-0.3, -0.25) is 14.2 Å². The molecular formula is C80H136NO8P. The van der Waals surface area contributed by atoms with Crippen LogP contribution in [0.25, 0.3) is 0 Å². The van der Waals surface area contributed by atoms with Crippen LogP contribution < -0.4 is 4.89 Å². The molecule has 0 spiro atoms. The summed E-state index contributed by atoms with van der Waals surface area (Å²) in [5.74, 6) is -0.861. The van der Waals surface area contributed by atoms with E-state index < -0.39 is 32.5 Å². The summed E-state index contributed by atoms with van der Waals surface area (Å²) < 4.78 is 34.3. The molecule has 0 bridgehead atoms. The van der Waals surface area contributed by atoms with Crippen molar-refractivity contribution in [2.24, 2.45) is 0 Å². The minimum absolute atomic E-state index is 0.0420. The molecule has 0 aliphatic carbocycles. The van der Waals surface area contributed by atoms with Crippen molar-refractivity contribution in [3.8, 4) is 0 Å². The Labute approximate surface area is 554 Å². The van der Waals surface area contributed by atoms with Gasteiger partial charge < -0.3 is 27.9 Å². The lowest BCUT2D eigenvalue weighted by Crippen LogP contribution is -2.37. The van der Waals surface area contributed by atoms with Gasteiger partial charge in [0.1, 0.15) is 19.8 Å². The first-order chi connectivity index (χ1) is 44.0. The van der Waals surface area contributed by atoms with E-state index in [0.717, 1.165) is 122 Å². The summed E-state index contributed by atoms with van der Waals surface area (Å²) in [5, 5.41) is 0. The third-order valence-corrected chi connectivity index (χ3v) is 16.3. The average molecular weight is 1270 g/mol. The van der Waals surface area contributed by atoms with E-state index in [0.29, 0.717) is 17.4 Å². The molecule has 10 heteroatoms. The molecule has 0 amide bonds. The maximum atomic E-state index is 12.9. The van der Waals surface area contributed by atoms with Crippen LogP contribution in [0.1, 0.15) is 296 Å². The zero-order valence-corrected chi connectivity index (χ0v) is 59.4. The van der Waals surface area contributed by atoms with Crippen molar-refractivity contribution in [2.75, 3.05) is 47.5 Å². The SMILES string of the molecule is CC/C=C\C/C=C\C/C=C\C/C=C\C/C=C\C/C=C\C/C=C\C/C=C\CCCCCCC(=O)OC(COC(=O)CCCCCCCCCCCCCCCCCCCCCCCCCC/C=C\C/C=C\C/C=C\C/C=C\CC)COP(=O)([O-])OCC[N+](C)(C)C. The molecule has 514 valence electrons. The maximum Gasteiger partial charge on any atom is 0.306 e. The summed E-state index contributed by atoms with van der Waals surface area (Å²) in [7, 11) is 1.14. The normalized spacial score (nSPS) is 14.0. The fourth-order valence-electron chi connectivity index (χ4n) is 9.84. The van der Waals surface area contributed by atoms with Crippen LogP contribution in [0.4, 0.5) is 0 Å². The van der Waals surface area contributed by atoms with Gasteiger partial charge in [0.25, 0.3) is 7.82 Å². The number of carbonyl (C=O) groups is 2. The number of carbonyl (C=O) groups excluding carboxylic acids is 2. The summed E-state index contributed by atoms with van der Waals surface area (Å²) >= 11 is 0. The smallest absolute Gasteiger partial charge is 0.306 e. The van der Waals surface area contributed by atoms with Crippen LogP contribution in [0, 0.1) is 0 Å². The fraction of sp³-hybridized carbons (Fsp3) is 0.675. The van der Waals surface area contributed by atoms with Gasteiger partial charge in [0.15, 0.2) is 6.10 Å². The van der Waals surface area contributed by atoms with E-state index in [1.807, 2.05) is 21.1 Å². The summed E-state index contributed by atoms with van der Waals surface area (Å²) in [4.78, 5) is 38.1. The van der Waals surface area contributed by atoms with E-state index in [1.54, 1.807) is 0 Å². The van der Waals surface area contributed by atoms with Crippen LogP contribution >= 0.6 is 7.82 Å². The van der Waals surface area contributed by atoms with E-state index in [1.165, 1.54) is 141 Å². The standard InChI is InChI=1S/C80H136NO8P/c1-6-8-10-12-14-16-18-20-22-24-26-28-30-32-34-36-37-38-39-40-41-42-43-45-46-48-50-52-54-56-58-60-62-64-66-68-70-72-79(82)86-76-78(77-88-90(84,85)87-75-74-81(3,4)5)89-80(83)73-71-69-67-65-63-61-59-57-55-53-51-49-47-44-35-33-31-29-27-25-23-21-19-17-15-13-11-9-7-2/h8-11,14-17,20-23,26-29,33,35,47,49,53,55,59,61,78H,6-7,12-13,18-19,24-25,30-32,34,36-46,48,50-52,54,56-58,60,62-77H2,1-5H3/b10-8-,11-9-,16-14-,17-15-,22-20-,23-21-,28-26-,29-27-,35-33-,49-47-,55-53-,61-59-. The molecule has 9 nitrogen and oxygen atoms in total. The van der Waals surface area contributed by atoms with Crippen molar-refractivity contribution in [1.82, 2.24) is 0 Å². The van der Waals surface area contributed by atoms with Crippen LogP contribution in [0.3, 0.4) is 0 Å². The van der Waals surface area contributed by atoms with E-state index in [-0.39, 0.29) is 26.1 Å². The van der Waals surface area contributed by atoms with Gasteiger partial charge in [0, 0.05) is 12.8 Å². The lowest BCUT2D eigenvalue weighted by molar-refractivity contribution is -0.870. The predicted molar refractivity (Wildman–Crippen MR) is 387 cm³/mol. The number of nitrogens with zero attached hydrogens (tertiary/aromatic N) is 1. The van der Waals surface area contributed by atoms with Crippen molar-refractivity contribution < 1.29 is 42.1 Å². The van der Waals surface area contributed by atoms with Crippen LogP contribution in [0.15, 0.2) is 146 Å². The van der Waals surface area contributed by atoms with Crippen molar-refractivity contribution in [3.05, 3.63) is 146 Å². The highest BCUT2D eigenvalue weighted by Crippen LogP contribution is 2.38. The molecule has 0 fully saturated rings. The van der Waals surface area contributed by atoms with Crippen molar-refractivity contribution in [2.45, 2.75) is 302 Å². The molecule has 0 aliphatic rings. The Bertz CT molecular complexity index is 2030. The second-order valence-electron chi connectivity index (χ2n) is 25.2. The number of unbranched alkanes of at least 4 members (excludes halogenated alkanes) is 28. The molecule has 0 saturated heterocycles. The number of likely N-dealkylation sites (N-methyl/N-ethyl adjacent to an activating group) is 1. The number of phosphoric acid groups is 1. The van der Waals surface area contributed by atoms with Gasteiger partial charge in [-0.15, -0.1) is 0 Å². The summed E-state index contributed by atoms with van der Waals surface area (Å²) in [6.07, 6.45) is 102. The summed E-state index contributed by atoms with van der Waals surface area (Å²) in [5.41, 5.74) is 0. The Morgan fingerprint density at radius 2 is 0.600 bits per heavy atom. The first kappa shape index (κ1) is 85.9. The molecule has 2 atom stereocenters. The van der Waals surface area contributed by atoms with E-state index in [4.69, 9.17) is 18.5 Å². The Hall–Kier alpha value is -4.11. The minimum atomic E-state index is -4.66. The molecule has 0 aliphatic heterocycles. The number of phosphoric ester groups is 1. The van der Waals surface area contributed by atoms with E-state index >= 15 is 0 Å². The van der Waals surface area contributed by atoms with Crippen molar-refractivity contribution in [3.63, 3.8) is 0 Å². The van der Waals surface area contributed by atoms with Crippen LogP contribution in [-0.4, -0.2) is 70.0 Å². The highest BCUT2D eigenvalue weighted by atomic mass is 31.2. The first-order valence-corrected chi connectivity index (χ1v) is 38.0. The zero-order valence-electron chi connectivity index (χ0n) is 58.5. The average Bonchev–Trinajstić information content (AvgIpc) is 3.58. The van der Waals surface area contributed by atoms with Crippen LogP contribution in [-0.2, 0) is 32.7 Å². The van der Waals surface area contributed by atoms with Gasteiger partial charge in [-0.25, -0.2) is 0 Å². The van der Waals surface area contributed by atoms with E-state index in [2.05, 4.69) is 160 Å². The number of hydrogen-bond acceptors (Lipinski definition) is 8. The Balaban J connectivity index is 4.05. The highest BCUT2D eigenvalue weighted by molar-refractivity contribution is 7.45. The Morgan fingerprint density at radius 3 is 0.889 bits per heavy atom. The van der Waals surface area contributed by atoms with Gasteiger partial charge in [0.05, 0.1) is 27.7 Å². The van der Waals surface area contributed by atoms with Crippen LogP contribution in [0.5, 0.6) is 0 Å². The predicted octanol–water partition coefficient (Wildman–Crippen LogP) is 23.5. The number of allylic oxidation sites excluding steroid dienone is 24. The maximum absolute atomic E-state index is 12.9. The Morgan fingerprint density at radius 1 is 0.344 bits per heavy atom. The lowest BCUT2D eigenvalue weighted by Gasteiger charge is -2.28. The molecule has 0 heterocycles. The second-order valence-corrected chi connectivity index (χ2v) is 26.6. The summed E-state index contributed by atoms with van der Waals surface area (Å²) in [6.45, 7) is 3.99. The molecule has 0 aromatic rings. The molecule has 0 aromatic heterocycles.